The minimum Gasteiger partial charge on any atom is -0.506 e. The van der Waals surface area contributed by atoms with E-state index in [1.807, 2.05) is 6.92 Å². The first-order valence-electron chi connectivity index (χ1n) is 5.41. The number of rotatable bonds is 4. The van der Waals surface area contributed by atoms with Crippen LogP contribution in [0.15, 0.2) is 39.9 Å². The molecule has 96 valence electrons. The summed E-state index contributed by atoms with van der Waals surface area (Å²) in [6.07, 6.45) is 0.772. The first-order chi connectivity index (χ1) is 8.53. The summed E-state index contributed by atoms with van der Waals surface area (Å²) in [5.74, 6) is -0.0765. The van der Waals surface area contributed by atoms with Gasteiger partial charge in [0.1, 0.15) is 9.96 Å². The molecule has 2 aromatic rings. The smallest absolute Gasteiger partial charge is 0.271 e. The third-order valence-corrected chi connectivity index (χ3v) is 5.24. The first kappa shape index (κ1) is 12.9. The number of aryl methyl sites for hydroxylation is 1. The number of benzene rings is 1. The first-order valence-corrected chi connectivity index (χ1v) is 7.77. The van der Waals surface area contributed by atoms with Gasteiger partial charge in [-0.2, -0.15) is 0 Å². The predicted octanol–water partition coefficient (Wildman–Crippen LogP) is 2.82. The van der Waals surface area contributed by atoms with Crippen LogP contribution in [0.3, 0.4) is 0 Å². The lowest BCUT2D eigenvalue weighted by Crippen LogP contribution is -2.11. The summed E-state index contributed by atoms with van der Waals surface area (Å²) in [7, 11) is -3.61. The number of anilines is 1. The molecule has 0 bridgehead atoms. The normalized spacial score (nSPS) is 11.4. The Balaban J connectivity index is 2.35. The molecule has 4 nitrogen and oxygen atoms in total. The highest BCUT2D eigenvalue weighted by Crippen LogP contribution is 2.28. The summed E-state index contributed by atoms with van der Waals surface area (Å²) in [5.41, 5.74) is 1.17. The Hall–Kier alpha value is -1.53. The fourth-order valence-electron chi connectivity index (χ4n) is 1.50. The van der Waals surface area contributed by atoms with E-state index in [2.05, 4.69) is 4.72 Å². The molecule has 2 N–H and O–H groups in total. The second-order valence-electron chi connectivity index (χ2n) is 3.74. The van der Waals surface area contributed by atoms with Crippen LogP contribution in [-0.4, -0.2) is 13.5 Å². The van der Waals surface area contributed by atoms with Crippen LogP contribution in [0.4, 0.5) is 5.69 Å². The SMILES string of the molecule is CCc1ccc(O)c(NS(=O)(=O)c2cccs2)c1. The quantitative estimate of drug-likeness (QED) is 0.848. The maximum absolute atomic E-state index is 12.0. The van der Waals surface area contributed by atoms with Gasteiger partial charge in [-0.05, 0) is 35.6 Å². The highest BCUT2D eigenvalue weighted by Gasteiger charge is 2.17. The molecular weight excluding hydrogens is 270 g/mol. The lowest BCUT2D eigenvalue weighted by atomic mass is 10.1. The molecule has 0 aliphatic heterocycles. The van der Waals surface area contributed by atoms with Gasteiger partial charge in [-0.25, -0.2) is 8.42 Å². The van der Waals surface area contributed by atoms with Crippen molar-refractivity contribution < 1.29 is 13.5 Å². The van der Waals surface area contributed by atoms with Crippen LogP contribution in [0, 0.1) is 0 Å². The third-order valence-electron chi connectivity index (χ3n) is 2.47. The Morgan fingerprint density at radius 3 is 2.72 bits per heavy atom. The Morgan fingerprint density at radius 1 is 1.33 bits per heavy atom. The number of sulfonamides is 1. The molecule has 6 heteroatoms. The zero-order valence-electron chi connectivity index (χ0n) is 9.75. The lowest BCUT2D eigenvalue weighted by molar-refractivity contribution is 0.477. The number of phenols is 1. The molecule has 0 radical (unpaired) electrons. The average molecular weight is 283 g/mol. The van der Waals surface area contributed by atoms with E-state index in [-0.39, 0.29) is 15.6 Å². The number of aromatic hydroxyl groups is 1. The fourth-order valence-corrected chi connectivity index (χ4v) is 3.55. The summed E-state index contributed by atoms with van der Waals surface area (Å²) < 4.78 is 26.6. The maximum atomic E-state index is 12.0. The van der Waals surface area contributed by atoms with Crippen LogP contribution in [0.25, 0.3) is 0 Å². The molecule has 0 unspecified atom stereocenters. The Labute approximate surface area is 110 Å². The molecule has 1 aromatic carbocycles. The summed E-state index contributed by atoms with van der Waals surface area (Å²) in [4.78, 5) is 0. The maximum Gasteiger partial charge on any atom is 0.271 e. The largest absolute Gasteiger partial charge is 0.506 e. The number of hydrogen-bond acceptors (Lipinski definition) is 4. The van der Waals surface area contributed by atoms with E-state index in [9.17, 15) is 13.5 Å². The Morgan fingerprint density at radius 2 is 2.11 bits per heavy atom. The van der Waals surface area contributed by atoms with Gasteiger partial charge in [0.05, 0.1) is 5.69 Å². The van der Waals surface area contributed by atoms with Crippen molar-refractivity contribution >= 4 is 27.0 Å². The van der Waals surface area contributed by atoms with Crippen molar-refractivity contribution in [2.75, 3.05) is 4.72 Å². The zero-order chi connectivity index (χ0) is 13.2. The van der Waals surface area contributed by atoms with Gasteiger partial charge in [0.2, 0.25) is 0 Å². The van der Waals surface area contributed by atoms with Gasteiger partial charge >= 0.3 is 0 Å². The highest BCUT2D eigenvalue weighted by molar-refractivity contribution is 7.94. The van der Waals surface area contributed by atoms with Crippen LogP contribution in [0.5, 0.6) is 5.75 Å². The predicted molar refractivity (Wildman–Crippen MR) is 72.6 cm³/mol. The summed E-state index contributed by atoms with van der Waals surface area (Å²) in [6.45, 7) is 1.96. The molecule has 0 amide bonds. The summed E-state index contributed by atoms with van der Waals surface area (Å²) in [6, 6.07) is 8.08. The fraction of sp³-hybridized carbons (Fsp3) is 0.167. The van der Waals surface area contributed by atoms with Gasteiger partial charge in [0.25, 0.3) is 10.0 Å². The number of nitrogens with one attached hydrogen (secondary N) is 1. The minimum absolute atomic E-state index is 0.0765. The van der Waals surface area contributed by atoms with Crippen molar-refractivity contribution in [2.24, 2.45) is 0 Å². The molecule has 1 aromatic heterocycles. The van der Waals surface area contributed by atoms with Crippen molar-refractivity contribution in [1.82, 2.24) is 0 Å². The number of thiophene rings is 1. The van der Waals surface area contributed by atoms with E-state index < -0.39 is 10.0 Å². The topological polar surface area (TPSA) is 66.4 Å². The van der Waals surface area contributed by atoms with Crippen molar-refractivity contribution in [3.63, 3.8) is 0 Å². The molecule has 0 fully saturated rings. The second-order valence-corrected chi connectivity index (χ2v) is 6.60. The molecule has 0 saturated carbocycles. The summed E-state index contributed by atoms with van der Waals surface area (Å²) in [5, 5.41) is 11.4. The van der Waals surface area contributed by atoms with E-state index >= 15 is 0 Å². The molecule has 18 heavy (non-hydrogen) atoms. The van der Waals surface area contributed by atoms with Crippen LogP contribution in [-0.2, 0) is 16.4 Å². The van der Waals surface area contributed by atoms with Gasteiger partial charge in [0, 0.05) is 0 Å². The second kappa shape index (κ2) is 4.99. The van der Waals surface area contributed by atoms with Crippen molar-refractivity contribution in [1.29, 1.82) is 0 Å². The van der Waals surface area contributed by atoms with Gasteiger partial charge in [-0.1, -0.05) is 19.1 Å². The lowest BCUT2D eigenvalue weighted by Gasteiger charge is -2.09. The van der Waals surface area contributed by atoms with Crippen molar-refractivity contribution in [2.45, 2.75) is 17.6 Å². The average Bonchev–Trinajstić information content (AvgIpc) is 2.86. The van der Waals surface area contributed by atoms with E-state index in [0.717, 1.165) is 23.3 Å². The van der Waals surface area contributed by atoms with Crippen LogP contribution >= 0.6 is 11.3 Å². The summed E-state index contributed by atoms with van der Waals surface area (Å²) >= 11 is 1.13. The van der Waals surface area contributed by atoms with E-state index in [1.54, 1.807) is 23.6 Å². The van der Waals surface area contributed by atoms with Gasteiger partial charge in [-0.15, -0.1) is 11.3 Å². The molecular formula is C12H13NO3S2. The molecule has 0 spiro atoms. The Bertz CT molecular complexity index is 633. The molecule has 2 rings (SSSR count). The van der Waals surface area contributed by atoms with Crippen LogP contribution in [0.2, 0.25) is 0 Å². The number of hydrogen-bond donors (Lipinski definition) is 2. The standard InChI is InChI=1S/C12H13NO3S2/c1-2-9-5-6-11(14)10(8-9)13-18(15,16)12-4-3-7-17-12/h3-8,13-14H,2H2,1H3. The number of phenolic OH excluding ortho intramolecular Hbond substituents is 1. The highest BCUT2D eigenvalue weighted by atomic mass is 32.2. The van der Waals surface area contributed by atoms with Gasteiger partial charge < -0.3 is 5.11 Å². The molecule has 0 aliphatic carbocycles. The molecule has 1 heterocycles. The van der Waals surface area contributed by atoms with E-state index in [0.29, 0.717) is 0 Å². The van der Waals surface area contributed by atoms with Gasteiger partial charge in [0.15, 0.2) is 0 Å². The Kier molecular flexibility index (Phi) is 3.58. The van der Waals surface area contributed by atoms with Crippen LogP contribution in [0.1, 0.15) is 12.5 Å². The molecule has 0 saturated heterocycles. The van der Waals surface area contributed by atoms with Crippen molar-refractivity contribution in [3.05, 3.63) is 41.3 Å². The van der Waals surface area contributed by atoms with E-state index in [1.165, 1.54) is 12.1 Å². The van der Waals surface area contributed by atoms with Crippen LogP contribution < -0.4 is 4.72 Å². The van der Waals surface area contributed by atoms with Gasteiger partial charge in [-0.3, -0.25) is 4.72 Å². The van der Waals surface area contributed by atoms with E-state index in [4.69, 9.17) is 0 Å². The molecule has 0 aliphatic rings. The zero-order valence-corrected chi connectivity index (χ0v) is 11.4. The van der Waals surface area contributed by atoms with Crippen molar-refractivity contribution in [3.8, 4) is 5.75 Å². The molecule has 0 atom stereocenters. The monoisotopic (exact) mass is 283 g/mol. The minimum atomic E-state index is -3.61. The third kappa shape index (κ3) is 2.65.